The van der Waals surface area contributed by atoms with Crippen molar-refractivity contribution in [2.24, 2.45) is 5.92 Å². The zero-order valence-electron chi connectivity index (χ0n) is 18.9. The summed E-state index contributed by atoms with van der Waals surface area (Å²) in [4.78, 5) is 22.1. The Kier molecular flexibility index (Phi) is 6.64. The highest BCUT2D eigenvalue weighted by Crippen LogP contribution is 2.34. The van der Waals surface area contributed by atoms with Gasteiger partial charge in [-0.15, -0.1) is 0 Å². The van der Waals surface area contributed by atoms with Crippen LogP contribution < -0.4 is 19.7 Å². The molecule has 2 aromatic rings. The zero-order valence-corrected chi connectivity index (χ0v) is 18.9. The smallest absolute Gasteiger partial charge is 0.225 e. The van der Waals surface area contributed by atoms with Gasteiger partial charge in [0.15, 0.2) is 11.5 Å². The lowest BCUT2D eigenvalue weighted by atomic mass is 9.99. The predicted octanol–water partition coefficient (Wildman–Crippen LogP) is 1.99. The molecule has 8 heteroatoms. The largest absolute Gasteiger partial charge is 0.486 e. The van der Waals surface area contributed by atoms with E-state index in [0.29, 0.717) is 37.8 Å². The Labute approximate surface area is 194 Å². The fourth-order valence-corrected chi connectivity index (χ4v) is 4.97. The Balaban J connectivity index is 1.28. The van der Waals surface area contributed by atoms with Crippen molar-refractivity contribution in [3.63, 3.8) is 0 Å². The number of nitrogens with zero attached hydrogens (tertiary/aromatic N) is 3. The maximum atomic E-state index is 13.2. The summed E-state index contributed by atoms with van der Waals surface area (Å²) in [6.45, 7) is 5.08. The molecule has 2 fully saturated rings. The lowest BCUT2D eigenvalue weighted by Crippen LogP contribution is -2.48. The molecule has 1 amide bonds. The summed E-state index contributed by atoms with van der Waals surface area (Å²) in [6.07, 6.45) is 4.03. The van der Waals surface area contributed by atoms with Crippen LogP contribution in [0.1, 0.15) is 30.9 Å². The Morgan fingerprint density at radius 2 is 1.94 bits per heavy atom. The molecule has 5 rings (SSSR count). The van der Waals surface area contributed by atoms with Crippen molar-refractivity contribution in [2.45, 2.75) is 31.4 Å². The van der Waals surface area contributed by atoms with Gasteiger partial charge < -0.3 is 29.7 Å². The van der Waals surface area contributed by atoms with Gasteiger partial charge in [-0.2, -0.15) is 0 Å². The average Bonchev–Trinajstić information content (AvgIpc) is 3.56. The minimum Gasteiger partial charge on any atom is -0.486 e. The van der Waals surface area contributed by atoms with Gasteiger partial charge in [-0.05, 0) is 62.2 Å². The van der Waals surface area contributed by atoms with Gasteiger partial charge in [0.05, 0.1) is 12.0 Å². The average molecular weight is 453 g/mol. The summed E-state index contributed by atoms with van der Waals surface area (Å²) >= 11 is 0. The maximum absolute atomic E-state index is 13.2. The van der Waals surface area contributed by atoms with Crippen LogP contribution in [-0.2, 0) is 4.79 Å². The molecule has 0 radical (unpaired) electrons. The van der Waals surface area contributed by atoms with Gasteiger partial charge in [0.1, 0.15) is 25.1 Å². The van der Waals surface area contributed by atoms with E-state index in [1.54, 1.807) is 6.20 Å². The summed E-state index contributed by atoms with van der Waals surface area (Å²) in [5.74, 6) is 2.11. The lowest BCUT2D eigenvalue weighted by molar-refractivity contribution is -0.126. The molecular weight excluding hydrogens is 420 g/mol. The van der Waals surface area contributed by atoms with Crippen LogP contribution in [0.25, 0.3) is 0 Å². The summed E-state index contributed by atoms with van der Waals surface area (Å²) in [5.41, 5.74) is 0.727. The van der Waals surface area contributed by atoms with E-state index in [2.05, 4.69) is 20.1 Å². The van der Waals surface area contributed by atoms with E-state index in [0.717, 1.165) is 50.3 Å². The van der Waals surface area contributed by atoms with Crippen molar-refractivity contribution >= 4 is 11.7 Å². The number of hydrogen-bond donors (Lipinski definition) is 2. The molecule has 3 aliphatic rings. The van der Waals surface area contributed by atoms with Crippen LogP contribution in [0.15, 0.2) is 42.6 Å². The van der Waals surface area contributed by atoms with E-state index < -0.39 is 12.1 Å². The summed E-state index contributed by atoms with van der Waals surface area (Å²) in [6, 6.07) is 11.0. The highest BCUT2D eigenvalue weighted by Gasteiger charge is 2.33. The van der Waals surface area contributed by atoms with Crippen molar-refractivity contribution in [1.82, 2.24) is 15.2 Å². The number of hydrogen-bond acceptors (Lipinski definition) is 7. The number of aliphatic hydroxyl groups excluding tert-OH is 1. The molecule has 2 unspecified atom stereocenters. The Morgan fingerprint density at radius 3 is 2.73 bits per heavy atom. The minimum absolute atomic E-state index is 0.00535. The fourth-order valence-electron chi connectivity index (χ4n) is 4.97. The van der Waals surface area contributed by atoms with Crippen LogP contribution in [0.2, 0.25) is 0 Å². The third kappa shape index (κ3) is 5.07. The van der Waals surface area contributed by atoms with E-state index >= 15 is 0 Å². The van der Waals surface area contributed by atoms with E-state index in [-0.39, 0.29) is 11.8 Å². The van der Waals surface area contributed by atoms with E-state index in [9.17, 15) is 9.90 Å². The van der Waals surface area contributed by atoms with Crippen LogP contribution >= 0.6 is 0 Å². The Morgan fingerprint density at radius 1 is 1.12 bits per heavy atom. The van der Waals surface area contributed by atoms with Crippen LogP contribution in [0.4, 0.5) is 5.82 Å². The molecule has 0 bridgehead atoms. The van der Waals surface area contributed by atoms with Crippen molar-refractivity contribution in [3.8, 4) is 11.5 Å². The van der Waals surface area contributed by atoms with Crippen molar-refractivity contribution in [3.05, 3.63) is 48.2 Å². The third-order valence-electron chi connectivity index (χ3n) is 6.80. The number of pyridine rings is 1. The number of ether oxygens (including phenoxy) is 2. The zero-order chi connectivity index (χ0) is 22.6. The number of aromatic nitrogens is 1. The second-order valence-electron chi connectivity index (χ2n) is 9.09. The maximum Gasteiger partial charge on any atom is 0.225 e. The van der Waals surface area contributed by atoms with E-state index in [1.807, 2.05) is 36.4 Å². The second-order valence-corrected chi connectivity index (χ2v) is 9.09. The number of benzene rings is 1. The van der Waals surface area contributed by atoms with Gasteiger partial charge in [0.25, 0.3) is 0 Å². The summed E-state index contributed by atoms with van der Waals surface area (Å²) < 4.78 is 11.3. The molecule has 8 nitrogen and oxygen atoms in total. The molecule has 0 spiro atoms. The first-order valence-electron chi connectivity index (χ1n) is 11.9. The molecule has 0 saturated carbocycles. The van der Waals surface area contributed by atoms with Crippen LogP contribution in [-0.4, -0.2) is 72.9 Å². The standard InChI is InChI=1S/C25H32N4O4/c30-24(18-6-7-21-22(15-18)33-14-13-32-21)20(17-28-10-3-4-11-28)27-25(31)19-8-12-29(16-19)23-5-1-2-9-26-23/h1-2,5-7,9,15,19-20,24,30H,3-4,8,10-14,16-17H2,(H,27,31)/t19-,20?,24?/m1/s1. The second kappa shape index (κ2) is 9.97. The topological polar surface area (TPSA) is 87.2 Å². The number of anilines is 1. The number of likely N-dealkylation sites (tertiary alicyclic amines) is 1. The number of rotatable bonds is 7. The van der Waals surface area contributed by atoms with Gasteiger partial charge in [0, 0.05) is 25.8 Å². The Hall–Kier alpha value is -2.84. The first kappa shape index (κ1) is 22.0. The molecule has 4 heterocycles. The molecule has 176 valence electrons. The minimum atomic E-state index is -0.835. The Bertz CT molecular complexity index is 951. The number of aliphatic hydroxyl groups is 1. The normalized spacial score (nSPS) is 22.2. The first-order chi connectivity index (χ1) is 16.2. The van der Waals surface area contributed by atoms with Crippen molar-refractivity contribution in [2.75, 3.05) is 50.8 Å². The number of fused-ring (bicyclic) bond motifs is 1. The monoisotopic (exact) mass is 452 g/mol. The molecule has 1 aromatic carbocycles. The van der Waals surface area contributed by atoms with Gasteiger partial charge in [-0.1, -0.05) is 12.1 Å². The van der Waals surface area contributed by atoms with Crippen LogP contribution in [0.3, 0.4) is 0 Å². The molecule has 3 atom stereocenters. The first-order valence-corrected chi connectivity index (χ1v) is 11.9. The van der Waals surface area contributed by atoms with E-state index in [4.69, 9.17) is 9.47 Å². The van der Waals surface area contributed by atoms with Gasteiger partial charge in [-0.3, -0.25) is 4.79 Å². The van der Waals surface area contributed by atoms with Gasteiger partial charge in [-0.25, -0.2) is 4.98 Å². The highest BCUT2D eigenvalue weighted by molar-refractivity contribution is 5.80. The lowest BCUT2D eigenvalue weighted by Gasteiger charge is -2.30. The molecule has 33 heavy (non-hydrogen) atoms. The van der Waals surface area contributed by atoms with Crippen molar-refractivity contribution < 1.29 is 19.4 Å². The third-order valence-corrected chi connectivity index (χ3v) is 6.80. The quantitative estimate of drug-likeness (QED) is 0.664. The fraction of sp³-hybridized carbons (Fsp3) is 0.520. The molecule has 1 aromatic heterocycles. The molecule has 3 aliphatic heterocycles. The number of nitrogens with one attached hydrogen (secondary N) is 1. The number of carbonyl (C=O) groups is 1. The van der Waals surface area contributed by atoms with Crippen LogP contribution in [0, 0.1) is 5.92 Å². The van der Waals surface area contributed by atoms with Crippen LogP contribution in [0.5, 0.6) is 11.5 Å². The molecular formula is C25H32N4O4. The van der Waals surface area contributed by atoms with Gasteiger partial charge >= 0.3 is 0 Å². The van der Waals surface area contributed by atoms with Gasteiger partial charge in [0.2, 0.25) is 5.91 Å². The summed E-state index contributed by atoms with van der Waals surface area (Å²) in [5, 5.41) is 14.5. The number of amides is 1. The molecule has 0 aliphatic carbocycles. The number of carbonyl (C=O) groups excluding carboxylic acids is 1. The molecule has 2 saturated heterocycles. The SMILES string of the molecule is O=C(NC(CN1CCCC1)C(O)c1ccc2c(c1)OCCO2)[C@@H]1CCN(c2ccccn2)C1. The van der Waals surface area contributed by atoms with Crippen molar-refractivity contribution in [1.29, 1.82) is 0 Å². The molecule has 2 N–H and O–H groups in total. The van der Waals surface area contributed by atoms with E-state index in [1.165, 1.54) is 0 Å². The summed E-state index contributed by atoms with van der Waals surface area (Å²) in [7, 11) is 0. The highest BCUT2D eigenvalue weighted by atomic mass is 16.6. The predicted molar refractivity (Wildman–Crippen MR) is 125 cm³/mol.